The summed E-state index contributed by atoms with van der Waals surface area (Å²) in [5.41, 5.74) is 1.06. The Labute approximate surface area is 189 Å². The van der Waals surface area contributed by atoms with Crippen LogP contribution in [-0.4, -0.2) is 38.7 Å². The lowest BCUT2D eigenvalue weighted by Gasteiger charge is -2.34. The highest BCUT2D eigenvalue weighted by atomic mass is 16.5. The smallest absolute Gasteiger partial charge is 0.262 e. The zero-order valence-electron chi connectivity index (χ0n) is 19.1. The summed E-state index contributed by atoms with van der Waals surface area (Å²) in [6.45, 7) is 4.22. The third-order valence-corrected chi connectivity index (χ3v) is 6.19. The van der Waals surface area contributed by atoms with E-state index in [0.29, 0.717) is 40.3 Å². The van der Waals surface area contributed by atoms with E-state index in [9.17, 15) is 9.59 Å². The molecule has 7 nitrogen and oxygen atoms in total. The summed E-state index contributed by atoms with van der Waals surface area (Å²) in [6.07, 6.45) is 3.33. The largest absolute Gasteiger partial charge is 0.495 e. The minimum absolute atomic E-state index is 0.130. The molecule has 172 valence electrons. The molecule has 1 saturated carbocycles. The van der Waals surface area contributed by atoms with Crippen LogP contribution in [0.4, 0.5) is 5.69 Å². The number of rotatable bonds is 8. The SMILES string of the molecule is COc1ccccc1NC(=O)COc1ccc(C(=O)NC2CCCC(C)C2C)cc1OC. The van der Waals surface area contributed by atoms with Crippen LogP contribution < -0.4 is 24.8 Å². The second-order valence-electron chi connectivity index (χ2n) is 8.25. The molecule has 2 N–H and O–H groups in total. The average molecular weight is 441 g/mol. The van der Waals surface area contributed by atoms with E-state index in [0.717, 1.165) is 12.8 Å². The molecule has 0 spiro atoms. The lowest BCUT2D eigenvalue weighted by molar-refractivity contribution is -0.118. The summed E-state index contributed by atoms with van der Waals surface area (Å²) in [4.78, 5) is 25.1. The van der Waals surface area contributed by atoms with Crippen molar-refractivity contribution in [2.45, 2.75) is 39.2 Å². The van der Waals surface area contributed by atoms with Crippen LogP contribution in [0.15, 0.2) is 42.5 Å². The molecular weight excluding hydrogens is 408 g/mol. The molecule has 0 aromatic heterocycles. The highest BCUT2D eigenvalue weighted by Gasteiger charge is 2.28. The summed E-state index contributed by atoms with van der Waals surface area (Å²) < 4.78 is 16.3. The van der Waals surface area contributed by atoms with Crippen molar-refractivity contribution in [3.05, 3.63) is 48.0 Å². The number of para-hydroxylation sites is 2. The number of hydrogen-bond donors (Lipinski definition) is 2. The first-order chi connectivity index (χ1) is 15.4. The van der Waals surface area contributed by atoms with Gasteiger partial charge < -0.3 is 24.8 Å². The number of carbonyl (C=O) groups is 2. The minimum Gasteiger partial charge on any atom is -0.495 e. The molecule has 3 rings (SSSR count). The third kappa shape index (κ3) is 5.72. The van der Waals surface area contributed by atoms with Crippen LogP contribution in [-0.2, 0) is 4.79 Å². The zero-order valence-corrected chi connectivity index (χ0v) is 19.1. The van der Waals surface area contributed by atoms with Crippen LogP contribution >= 0.6 is 0 Å². The van der Waals surface area contributed by atoms with E-state index in [4.69, 9.17) is 14.2 Å². The van der Waals surface area contributed by atoms with Crippen molar-refractivity contribution in [1.29, 1.82) is 0 Å². The third-order valence-electron chi connectivity index (χ3n) is 6.19. The molecule has 3 unspecified atom stereocenters. The Morgan fingerprint density at radius 1 is 0.969 bits per heavy atom. The first-order valence-corrected chi connectivity index (χ1v) is 11.0. The van der Waals surface area contributed by atoms with E-state index in [1.165, 1.54) is 13.5 Å². The van der Waals surface area contributed by atoms with Crippen LogP contribution in [0.25, 0.3) is 0 Å². The summed E-state index contributed by atoms with van der Waals surface area (Å²) in [7, 11) is 3.04. The number of amides is 2. The molecule has 2 aromatic rings. The molecule has 7 heteroatoms. The van der Waals surface area contributed by atoms with Crippen molar-refractivity contribution in [2.24, 2.45) is 11.8 Å². The maximum Gasteiger partial charge on any atom is 0.262 e. The Balaban J connectivity index is 1.61. The number of benzene rings is 2. The van der Waals surface area contributed by atoms with Crippen molar-refractivity contribution < 1.29 is 23.8 Å². The zero-order chi connectivity index (χ0) is 23.1. The summed E-state index contributed by atoms with van der Waals surface area (Å²) in [5, 5.41) is 5.92. The van der Waals surface area contributed by atoms with Crippen molar-refractivity contribution >= 4 is 17.5 Å². The second-order valence-corrected chi connectivity index (χ2v) is 8.25. The van der Waals surface area contributed by atoms with Gasteiger partial charge in [0.15, 0.2) is 18.1 Å². The van der Waals surface area contributed by atoms with Crippen molar-refractivity contribution in [1.82, 2.24) is 5.32 Å². The van der Waals surface area contributed by atoms with Crippen LogP contribution in [0, 0.1) is 11.8 Å². The van der Waals surface area contributed by atoms with E-state index in [1.54, 1.807) is 43.5 Å². The summed E-state index contributed by atoms with van der Waals surface area (Å²) >= 11 is 0. The van der Waals surface area contributed by atoms with Gasteiger partial charge in [-0.05, 0) is 48.6 Å². The number of methoxy groups -OCH3 is 2. The van der Waals surface area contributed by atoms with Gasteiger partial charge in [-0.25, -0.2) is 0 Å². The summed E-state index contributed by atoms with van der Waals surface area (Å²) in [6, 6.07) is 12.3. The fourth-order valence-electron chi connectivity index (χ4n) is 4.04. The van der Waals surface area contributed by atoms with Gasteiger partial charge in [-0.1, -0.05) is 38.8 Å². The molecule has 1 aliphatic carbocycles. The fraction of sp³-hybridized carbons (Fsp3) is 0.440. The van der Waals surface area contributed by atoms with Gasteiger partial charge in [0.1, 0.15) is 5.75 Å². The maximum atomic E-state index is 12.8. The average Bonchev–Trinajstić information content (AvgIpc) is 2.80. The molecule has 0 saturated heterocycles. The van der Waals surface area contributed by atoms with Gasteiger partial charge >= 0.3 is 0 Å². The van der Waals surface area contributed by atoms with Crippen LogP contribution in [0.2, 0.25) is 0 Å². The Morgan fingerprint density at radius 3 is 2.47 bits per heavy atom. The first-order valence-electron chi connectivity index (χ1n) is 11.0. The van der Waals surface area contributed by atoms with Gasteiger partial charge in [0.2, 0.25) is 0 Å². The van der Waals surface area contributed by atoms with Gasteiger partial charge in [0, 0.05) is 11.6 Å². The number of carbonyl (C=O) groups excluding carboxylic acids is 2. The topological polar surface area (TPSA) is 85.9 Å². The van der Waals surface area contributed by atoms with E-state index in [-0.39, 0.29) is 24.5 Å². The molecule has 0 radical (unpaired) electrons. The first kappa shape index (κ1) is 23.4. The van der Waals surface area contributed by atoms with Crippen molar-refractivity contribution in [2.75, 3.05) is 26.1 Å². The molecular formula is C25H32N2O5. The van der Waals surface area contributed by atoms with Crippen molar-refractivity contribution in [3.8, 4) is 17.2 Å². The second kappa shape index (κ2) is 10.9. The van der Waals surface area contributed by atoms with Gasteiger partial charge in [-0.2, -0.15) is 0 Å². The molecule has 2 aromatic carbocycles. The molecule has 0 bridgehead atoms. The molecule has 3 atom stereocenters. The molecule has 32 heavy (non-hydrogen) atoms. The number of anilines is 1. The number of nitrogens with one attached hydrogen (secondary N) is 2. The molecule has 0 aliphatic heterocycles. The Morgan fingerprint density at radius 2 is 1.72 bits per heavy atom. The van der Waals surface area contributed by atoms with Gasteiger partial charge in [0.05, 0.1) is 19.9 Å². The van der Waals surface area contributed by atoms with Gasteiger partial charge in [0.25, 0.3) is 11.8 Å². The normalized spacial score (nSPS) is 20.2. The van der Waals surface area contributed by atoms with Crippen molar-refractivity contribution in [3.63, 3.8) is 0 Å². The minimum atomic E-state index is -0.334. The van der Waals surface area contributed by atoms with Gasteiger partial charge in [-0.15, -0.1) is 0 Å². The fourth-order valence-corrected chi connectivity index (χ4v) is 4.04. The van der Waals surface area contributed by atoms with E-state index in [2.05, 4.69) is 24.5 Å². The maximum absolute atomic E-state index is 12.8. The predicted molar refractivity (Wildman–Crippen MR) is 124 cm³/mol. The summed E-state index contributed by atoms with van der Waals surface area (Å²) in [5.74, 6) is 1.93. The van der Waals surface area contributed by atoms with E-state index < -0.39 is 0 Å². The quantitative estimate of drug-likeness (QED) is 0.640. The lowest BCUT2D eigenvalue weighted by Crippen LogP contribution is -2.43. The van der Waals surface area contributed by atoms with Crippen LogP contribution in [0.3, 0.4) is 0 Å². The lowest BCUT2D eigenvalue weighted by atomic mass is 9.78. The van der Waals surface area contributed by atoms with E-state index >= 15 is 0 Å². The Bertz CT molecular complexity index is 946. The van der Waals surface area contributed by atoms with E-state index in [1.807, 2.05) is 6.07 Å². The van der Waals surface area contributed by atoms with Crippen LogP contribution in [0.1, 0.15) is 43.5 Å². The highest BCUT2D eigenvalue weighted by Crippen LogP contribution is 2.31. The van der Waals surface area contributed by atoms with Gasteiger partial charge in [-0.3, -0.25) is 9.59 Å². The Kier molecular flexibility index (Phi) is 7.98. The molecule has 2 amide bonds. The Hall–Kier alpha value is -3.22. The highest BCUT2D eigenvalue weighted by molar-refractivity contribution is 5.95. The molecule has 0 heterocycles. The number of ether oxygens (including phenoxy) is 3. The van der Waals surface area contributed by atoms with Crippen LogP contribution in [0.5, 0.6) is 17.2 Å². The number of hydrogen-bond acceptors (Lipinski definition) is 5. The standard InChI is InChI=1S/C25H32N2O5/c1-16-8-7-10-19(17(16)2)27-25(29)18-12-13-22(23(14-18)31-4)32-15-24(28)26-20-9-5-6-11-21(20)30-3/h5-6,9,11-14,16-17,19H,7-8,10,15H2,1-4H3,(H,26,28)(H,27,29). The molecule has 1 aliphatic rings. The monoisotopic (exact) mass is 440 g/mol. The molecule has 1 fully saturated rings. The predicted octanol–water partition coefficient (Wildman–Crippen LogP) is 4.28.